The van der Waals surface area contributed by atoms with E-state index in [4.69, 9.17) is 0 Å². The molecule has 0 radical (unpaired) electrons. The average molecular weight is 923 g/mol. The Morgan fingerprint density at radius 2 is 0.861 bits per heavy atom. The maximum absolute atomic E-state index is 4.10. The first-order valence-corrected chi connectivity index (χ1v) is 25.2. The third kappa shape index (κ3) is 6.93. The van der Waals surface area contributed by atoms with Crippen LogP contribution in [0.2, 0.25) is 0 Å². The lowest BCUT2D eigenvalue weighted by Gasteiger charge is -2.35. The smallest absolute Gasteiger partial charge is 0.0541 e. The molecule has 0 bridgehead atoms. The van der Waals surface area contributed by atoms with Gasteiger partial charge in [0.05, 0.1) is 11.0 Å². The molecule has 0 saturated carbocycles. The fraction of sp³-hybridized carbons (Fsp3) is 0.0857. The maximum atomic E-state index is 4.10. The highest BCUT2D eigenvalue weighted by molar-refractivity contribution is 6.09. The maximum Gasteiger partial charge on any atom is 0.0541 e. The van der Waals surface area contributed by atoms with Crippen molar-refractivity contribution in [1.29, 1.82) is 0 Å². The summed E-state index contributed by atoms with van der Waals surface area (Å²) < 4.78 is 2.47. The molecule has 2 aliphatic rings. The van der Waals surface area contributed by atoms with Crippen molar-refractivity contribution in [3.8, 4) is 39.1 Å². The Morgan fingerprint density at radius 1 is 0.403 bits per heavy atom. The summed E-state index contributed by atoms with van der Waals surface area (Å²) in [7, 11) is 0. The van der Waals surface area contributed by atoms with Crippen LogP contribution in [0.25, 0.3) is 73.0 Å². The Balaban J connectivity index is 1.05. The zero-order valence-electron chi connectivity index (χ0n) is 40.8. The van der Waals surface area contributed by atoms with E-state index in [2.05, 4.69) is 267 Å². The van der Waals surface area contributed by atoms with Gasteiger partial charge in [-0.05, 0) is 151 Å². The molecule has 1 aromatic heterocycles. The van der Waals surface area contributed by atoms with E-state index in [0.717, 1.165) is 46.7 Å². The minimum Gasteiger partial charge on any atom is -0.310 e. The zero-order chi connectivity index (χ0) is 48.6. The second-order valence-corrected chi connectivity index (χ2v) is 20.3. The van der Waals surface area contributed by atoms with Gasteiger partial charge in [-0.15, -0.1) is 0 Å². The van der Waals surface area contributed by atoms with Crippen LogP contribution in [-0.2, 0) is 23.7 Å². The van der Waals surface area contributed by atoms with Crippen LogP contribution >= 0.6 is 0 Å². The molecule has 1 heterocycles. The van der Waals surface area contributed by atoms with Crippen LogP contribution < -0.4 is 4.90 Å². The van der Waals surface area contributed by atoms with Crippen molar-refractivity contribution in [2.24, 2.45) is 0 Å². The van der Waals surface area contributed by atoms with Gasteiger partial charge in [-0.3, -0.25) is 0 Å². The Labute approximate surface area is 423 Å². The van der Waals surface area contributed by atoms with E-state index >= 15 is 0 Å². The molecular formula is C70H54N2. The summed E-state index contributed by atoms with van der Waals surface area (Å²) >= 11 is 0. The number of aromatic nitrogens is 1. The van der Waals surface area contributed by atoms with E-state index in [0.29, 0.717) is 0 Å². The van der Waals surface area contributed by atoms with Crippen LogP contribution in [0.3, 0.4) is 0 Å². The molecule has 0 amide bonds. The molecule has 10 aromatic carbocycles. The number of benzene rings is 10. The molecule has 0 spiro atoms. The fourth-order valence-electron chi connectivity index (χ4n) is 12.3. The lowest BCUT2D eigenvalue weighted by atomic mass is 9.69. The molecule has 2 heteroatoms. The summed E-state index contributed by atoms with van der Waals surface area (Å²) in [4.78, 5) is 2.49. The number of hydrogen-bond acceptors (Lipinski definition) is 1. The molecule has 344 valence electrons. The zero-order valence-corrected chi connectivity index (χ0v) is 40.8. The number of rotatable bonds is 11. The number of nitrogens with zero attached hydrogens (tertiary/aromatic N) is 2. The summed E-state index contributed by atoms with van der Waals surface area (Å²) in [6, 6.07) is 86.2. The van der Waals surface area contributed by atoms with Gasteiger partial charge in [0.2, 0.25) is 0 Å². The lowest BCUT2D eigenvalue weighted by molar-refractivity contribution is 0.520. The standard InChI is InChI=1S/C70H54N2/c1-5-47-24-28-49(29-25-47)45-70(46-50-30-26-48(6-2)27-31-50)65-43-55(37-40-59(65)60-41-38-56(44-66(60)70)72-67-22-14-11-19-61(67)62-20-12-15-23-68(62)72)71(53-34-32-52(33-35-53)51-16-8-7-9-17-51)54-36-39-58-57-18-10-13-21-63(57)69(3,4)64(58)42-54/h5-44H,1-2,45-46H2,3-4H3. The van der Waals surface area contributed by atoms with Crippen molar-refractivity contribution in [3.63, 3.8) is 0 Å². The second-order valence-electron chi connectivity index (χ2n) is 20.3. The van der Waals surface area contributed by atoms with E-state index in [9.17, 15) is 0 Å². The summed E-state index contributed by atoms with van der Waals surface area (Å²) in [5.74, 6) is 0. The van der Waals surface area contributed by atoms with E-state index in [1.54, 1.807) is 0 Å². The minimum atomic E-state index is -0.467. The number of fused-ring (bicyclic) bond motifs is 9. The Hall–Kier alpha value is -8.72. The fourth-order valence-corrected chi connectivity index (χ4v) is 12.3. The largest absolute Gasteiger partial charge is 0.310 e. The molecule has 0 N–H and O–H groups in total. The van der Waals surface area contributed by atoms with Crippen molar-refractivity contribution in [1.82, 2.24) is 4.57 Å². The highest BCUT2D eigenvalue weighted by Gasteiger charge is 2.44. The van der Waals surface area contributed by atoms with Crippen LogP contribution in [0.1, 0.15) is 58.4 Å². The SMILES string of the molecule is C=Cc1ccc(CC2(Cc3ccc(C=C)cc3)c3cc(N(c4ccc(-c5ccccc5)cc4)c4ccc5c(c4)C(C)(C)c4ccccc4-5)ccc3-c3ccc(-n4c5ccccc5c5ccccc54)cc32)cc1. The van der Waals surface area contributed by atoms with Crippen LogP contribution in [0.4, 0.5) is 17.1 Å². The topological polar surface area (TPSA) is 8.17 Å². The van der Waals surface area contributed by atoms with E-state index in [-0.39, 0.29) is 5.41 Å². The van der Waals surface area contributed by atoms with Gasteiger partial charge in [-0.25, -0.2) is 0 Å². The molecule has 13 rings (SSSR count). The molecule has 0 aliphatic heterocycles. The van der Waals surface area contributed by atoms with Crippen molar-refractivity contribution in [2.45, 2.75) is 37.5 Å². The number of para-hydroxylation sites is 2. The lowest BCUT2D eigenvalue weighted by Crippen LogP contribution is -2.31. The molecule has 2 aliphatic carbocycles. The van der Waals surface area contributed by atoms with Gasteiger partial charge in [0.25, 0.3) is 0 Å². The first kappa shape index (κ1) is 43.3. The summed E-state index contributed by atoms with van der Waals surface area (Å²) in [6.07, 6.45) is 5.46. The number of anilines is 3. The predicted molar refractivity (Wildman–Crippen MR) is 305 cm³/mol. The third-order valence-electron chi connectivity index (χ3n) is 15.9. The van der Waals surface area contributed by atoms with Crippen LogP contribution in [-0.4, -0.2) is 4.57 Å². The van der Waals surface area contributed by atoms with Crippen LogP contribution in [0, 0.1) is 0 Å². The monoisotopic (exact) mass is 922 g/mol. The molecule has 2 nitrogen and oxygen atoms in total. The van der Waals surface area contributed by atoms with E-state index < -0.39 is 5.41 Å². The predicted octanol–water partition coefficient (Wildman–Crippen LogP) is 18.3. The first-order valence-electron chi connectivity index (χ1n) is 25.2. The normalized spacial score (nSPS) is 13.6. The summed E-state index contributed by atoms with van der Waals surface area (Å²) in [5.41, 5.74) is 24.1. The van der Waals surface area contributed by atoms with E-state index in [1.165, 1.54) is 88.6 Å². The van der Waals surface area contributed by atoms with Crippen LogP contribution in [0.5, 0.6) is 0 Å². The number of hydrogen-bond donors (Lipinski definition) is 0. The molecule has 0 fully saturated rings. The Kier molecular flexibility index (Phi) is 10.2. The van der Waals surface area contributed by atoms with Crippen LogP contribution in [0.15, 0.2) is 244 Å². The molecule has 0 unspecified atom stereocenters. The van der Waals surface area contributed by atoms with Gasteiger partial charge in [0.1, 0.15) is 0 Å². The van der Waals surface area contributed by atoms with Gasteiger partial charge in [0.15, 0.2) is 0 Å². The van der Waals surface area contributed by atoms with Gasteiger partial charge < -0.3 is 9.47 Å². The summed E-state index contributed by atoms with van der Waals surface area (Å²) in [6.45, 7) is 13.0. The van der Waals surface area contributed by atoms with Gasteiger partial charge in [-0.2, -0.15) is 0 Å². The van der Waals surface area contributed by atoms with Crippen molar-refractivity contribution in [2.75, 3.05) is 4.90 Å². The Bertz CT molecular complexity index is 3800. The Morgan fingerprint density at radius 3 is 1.46 bits per heavy atom. The average Bonchev–Trinajstić information content (AvgIpc) is 3.99. The van der Waals surface area contributed by atoms with Crippen molar-refractivity contribution >= 4 is 51.0 Å². The quantitative estimate of drug-likeness (QED) is 0.125. The van der Waals surface area contributed by atoms with Gasteiger partial charge in [-0.1, -0.05) is 209 Å². The highest BCUT2D eigenvalue weighted by atomic mass is 15.1. The van der Waals surface area contributed by atoms with Gasteiger partial charge in [0, 0.05) is 44.4 Å². The molecular weight excluding hydrogens is 869 g/mol. The van der Waals surface area contributed by atoms with Crippen molar-refractivity contribution < 1.29 is 0 Å². The minimum absolute atomic E-state index is 0.157. The molecule has 0 saturated heterocycles. The molecule has 0 atom stereocenters. The highest BCUT2D eigenvalue weighted by Crippen LogP contribution is 2.56. The second kappa shape index (κ2) is 17.0. The van der Waals surface area contributed by atoms with E-state index in [1.807, 2.05) is 12.2 Å². The third-order valence-corrected chi connectivity index (χ3v) is 15.9. The first-order chi connectivity index (χ1) is 35.3. The molecule has 11 aromatic rings. The summed E-state index contributed by atoms with van der Waals surface area (Å²) in [5, 5.41) is 2.52. The van der Waals surface area contributed by atoms with Gasteiger partial charge >= 0.3 is 0 Å². The molecule has 72 heavy (non-hydrogen) atoms. The van der Waals surface area contributed by atoms with Crippen molar-refractivity contribution in [3.05, 3.63) is 288 Å².